The molecule has 3 heteroatoms. The quantitative estimate of drug-likeness (QED) is 0.867. The molecule has 2 rings (SSSR count). The average molecular weight is 247 g/mol. The van der Waals surface area contributed by atoms with Gasteiger partial charge in [-0.05, 0) is 37.6 Å². The van der Waals surface area contributed by atoms with Crippen molar-refractivity contribution < 1.29 is 0 Å². The Morgan fingerprint density at radius 2 is 2.11 bits per heavy atom. The van der Waals surface area contributed by atoms with Crippen molar-refractivity contribution in [3.63, 3.8) is 0 Å². The zero-order valence-electron chi connectivity index (χ0n) is 11.6. The molecule has 0 spiro atoms. The van der Waals surface area contributed by atoms with E-state index in [1.54, 1.807) is 6.33 Å². The molecule has 0 bridgehead atoms. The largest absolute Gasteiger partial charge is 0.310 e. The summed E-state index contributed by atoms with van der Waals surface area (Å²) in [5, 5.41) is 3.70. The zero-order valence-corrected chi connectivity index (χ0v) is 11.6. The Kier molecular flexibility index (Phi) is 5.12. The molecule has 0 aliphatic heterocycles. The second-order valence-electron chi connectivity index (χ2n) is 5.64. The summed E-state index contributed by atoms with van der Waals surface area (Å²) < 4.78 is 0. The molecule has 0 amide bonds. The van der Waals surface area contributed by atoms with Gasteiger partial charge in [-0.1, -0.05) is 26.7 Å². The summed E-state index contributed by atoms with van der Waals surface area (Å²) in [6.45, 7) is 5.67. The normalized spacial score (nSPS) is 25.9. The molecule has 0 saturated heterocycles. The molecule has 1 aliphatic rings. The molecule has 1 saturated carbocycles. The van der Waals surface area contributed by atoms with E-state index >= 15 is 0 Å². The summed E-state index contributed by atoms with van der Waals surface area (Å²) in [6, 6.07) is 0.439. The summed E-state index contributed by atoms with van der Waals surface area (Å²) in [5.41, 5.74) is 1.25. The maximum atomic E-state index is 4.18. The molecule has 1 aliphatic carbocycles. The van der Waals surface area contributed by atoms with Gasteiger partial charge in [0.1, 0.15) is 6.33 Å². The second-order valence-corrected chi connectivity index (χ2v) is 5.64. The molecule has 0 aromatic carbocycles. The number of rotatable bonds is 5. The first-order valence-corrected chi connectivity index (χ1v) is 7.29. The van der Waals surface area contributed by atoms with Gasteiger partial charge in [-0.25, -0.2) is 9.97 Å². The summed E-state index contributed by atoms with van der Waals surface area (Å²) in [6.07, 6.45) is 12.2. The van der Waals surface area contributed by atoms with Gasteiger partial charge in [0.25, 0.3) is 0 Å². The Labute approximate surface area is 110 Å². The predicted molar refractivity (Wildman–Crippen MR) is 74.2 cm³/mol. The molecule has 3 nitrogen and oxygen atoms in total. The molecule has 1 fully saturated rings. The molecule has 3 unspecified atom stereocenters. The highest BCUT2D eigenvalue weighted by Crippen LogP contribution is 2.36. The van der Waals surface area contributed by atoms with E-state index in [-0.39, 0.29) is 0 Å². The van der Waals surface area contributed by atoms with E-state index in [9.17, 15) is 0 Å². The minimum atomic E-state index is 0.439. The number of nitrogens with zero attached hydrogens (tertiary/aromatic N) is 2. The average Bonchev–Trinajstić information content (AvgIpc) is 2.40. The molecule has 1 aromatic rings. The lowest BCUT2D eigenvalue weighted by Crippen LogP contribution is -2.32. The van der Waals surface area contributed by atoms with Crippen molar-refractivity contribution >= 4 is 0 Å². The predicted octanol–water partition coefficient (Wildman–Crippen LogP) is 3.34. The molecule has 1 heterocycles. The smallest absolute Gasteiger partial charge is 0.115 e. The van der Waals surface area contributed by atoms with Crippen LogP contribution < -0.4 is 5.32 Å². The minimum Gasteiger partial charge on any atom is -0.310 e. The third-order valence-electron chi connectivity index (χ3n) is 4.00. The fourth-order valence-electron chi connectivity index (χ4n) is 3.11. The van der Waals surface area contributed by atoms with Gasteiger partial charge in [-0.2, -0.15) is 0 Å². The van der Waals surface area contributed by atoms with Crippen LogP contribution in [0.15, 0.2) is 18.7 Å². The molecular weight excluding hydrogens is 222 g/mol. The van der Waals surface area contributed by atoms with E-state index in [0.717, 1.165) is 18.4 Å². The number of hydrogen-bond donors (Lipinski definition) is 1. The first kappa shape index (κ1) is 13.5. The van der Waals surface area contributed by atoms with Crippen LogP contribution in [0.2, 0.25) is 0 Å². The van der Waals surface area contributed by atoms with E-state index < -0.39 is 0 Å². The molecule has 18 heavy (non-hydrogen) atoms. The van der Waals surface area contributed by atoms with Gasteiger partial charge in [-0.15, -0.1) is 0 Å². The topological polar surface area (TPSA) is 37.8 Å². The Morgan fingerprint density at radius 1 is 1.33 bits per heavy atom. The van der Waals surface area contributed by atoms with Gasteiger partial charge in [0.05, 0.1) is 0 Å². The van der Waals surface area contributed by atoms with E-state index in [1.807, 2.05) is 12.4 Å². The minimum absolute atomic E-state index is 0.439. The molecular formula is C15H25N3. The first-order chi connectivity index (χ1) is 8.81. The van der Waals surface area contributed by atoms with Crippen LogP contribution in [0.25, 0.3) is 0 Å². The summed E-state index contributed by atoms with van der Waals surface area (Å²) in [4.78, 5) is 8.35. The van der Waals surface area contributed by atoms with E-state index in [2.05, 4.69) is 29.1 Å². The molecule has 3 atom stereocenters. The Morgan fingerprint density at radius 3 is 2.78 bits per heavy atom. The van der Waals surface area contributed by atoms with Crippen LogP contribution in [0.3, 0.4) is 0 Å². The van der Waals surface area contributed by atoms with Crippen molar-refractivity contribution in [3.8, 4) is 0 Å². The third-order valence-corrected chi connectivity index (χ3v) is 4.00. The Balaban J connectivity index is 2.09. The van der Waals surface area contributed by atoms with Gasteiger partial charge < -0.3 is 5.32 Å². The van der Waals surface area contributed by atoms with E-state index in [1.165, 1.54) is 37.7 Å². The van der Waals surface area contributed by atoms with Crippen LogP contribution in [-0.4, -0.2) is 16.5 Å². The van der Waals surface area contributed by atoms with Gasteiger partial charge in [0.2, 0.25) is 0 Å². The van der Waals surface area contributed by atoms with Crippen LogP contribution in [0.5, 0.6) is 0 Å². The Bertz CT molecular complexity index is 339. The third kappa shape index (κ3) is 3.52. The second kappa shape index (κ2) is 6.83. The van der Waals surface area contributed by atoms with Crippen molar-refractivity contribution in [1.29, 1.82) is 0 Å². The van der Waals surface area contributed by atoms with Crippen LogP contribution in [-0.2, 0) is 0 Å². The maximum Gasteiger partial charge on any atom is 0.115 e. The van der Waals surface area contributed by atoms with Crippen molar-refractivity contribution in [1.82, 2.24) is 15.3 Å². The van der Waals surface area contributed by atoms with E-state index in [4.69, 9.17) is 0 Å². The lowest BCUT2D eigenvalue weighted by molar-refractivity contribution is 0.223. The highest BCUT2D eigenvalue weighted by molar-refractivity contribution is 5.11. The van der Waals surface area contributed by atoms with Crippen LogP contribution in [0.1, 0.15) is 57.6 Å². The monoisotopic (exact) mass is 247 g/mol. The van der Waals surface area contributed by atoms with Crippen molar-refractivity contribution in [2.24, 2.45) is 11.8 Å². The molecule has 1 N–H and O–H groups in total. The van der Waals surface area contributed by atoms with Gasteiger partial charge in [-0.3, -0.25) is 0 Å². The lowest BCUT2D eigenvalue weighted by Gasteiger charge is -2.34. The highest BCUT2D eigenvalue weighted by atomic mass is 14.9. The number of aromatic nitrogens is 2. The zero-order chi connectivity index (χ0) is 12.8. The Hall–Kier alpha value is -0.960. The van der Waals surface area contributed by atoms with Crippen molar-refractivity contribution in [3.05, 3.63) is 24.3 Å². The van der Waals surface area contributed by atoms with Crippen molar-refractivity contribution in [2.45, 2.75) is 52.0 Å². The maximum absolute atomic E-state index is 4.18. The van der Waals surface area contributed by atoms with Gasteiger partial charge in [0, 0.05) is 24.0 Å². The number of hydrogen-bond acceptors (Lipinski definition) is 3. The first-order valence-electron chi connectivity index (χ1n) is 7.29. The molecule has 100 valence electrons. The van der Waals surface area contributed by atoms with Crippen LogP contribution >= 0.6 is 0 Å². The highest BCUT2D eigenvalue weighted by Gasteiger charge is 2.27. The summed E-state index contributed by atoms with van der Waals surface area (Å²) >= 11 is 0. The van der Waals surface area contributed by atoms with Crippen molar-refractivity contribution in [2.75, 3.05) is 6.54 Å². The summed E-state index contributed by atoms with van der Waals surface area (Å²) in [7, 11) is 0. The van der Waals surface area contributed by atoms with Crippen LogP contribution in [0.4, 0.5) is 0 Å². The molecule has 0 radical (unpaired) electrons. The molecule has 1 aromatic heterocycles. The van der Waals surface area contributed by atoms with Crippen LogP contribution in [0, 0.1) is 11.8 Å². The SMILES string of the molecule is CCCNC(c1cncnc1)C1CCCC(C)C1. The lowest BCUT2D eigenvalue weighted by atomic mass is 9.77. The number of nitrogens with one attached hydrogen (secondary N) is 1. The van der Waals surface area contributed by atoms with Gasteiger partial charge >= 0.3 is 0 Å². The fourth-order valence-corrected chi connectivity index (χ4v) is 3.11. The van der Waals surface area contributed by atoms with Gasteiger partial charge in [0.15, 0.2) is 0 Å². The standard InChI is InChI=1S/C15H25N3/c1-3-7-18-15(14-9-16-11-17-10-14)13-6-4-5-12(2)8-13/h9-13,15,18H,3-8H2,1-2H3. The van der Waals surface area contributed by atoms with E-state index in [0.29, 0.717) is 6.04 Å². The summed E-state index contributed by atoms with van der Waals surface area (Å²) in [5.74, 6) is 1.60. The fraction of sp³-hybridized carbons (Fsp3) is 0.733.